The average molecular weight is 647 g/mol. The van der Waals surface area contributed by atoms with Crippen LogP contribution in [0.3, 0.4) is 0 Å². The summed E-state index contributed by atoms with van der Waals surface area (Å²) in [5.41, 5.74) is 1.08. The number of aromatic nitrogens is 2. The van der Waals surface area contributed by atoms with Gasteiger partial charge >= 0.3 is 17.9 Å². The summed E-state index contributed by atoms with van der Waals surface area (Å²) in [5.74, 6) is -1.77. The van der Waals surface area contributed by atoms with Gasteiger partial charge in [-0.05, 0) is 65.5 Å². The van der Waals surface area contributed by atoms with Crippen molar-refractivity contribution in [3.63, 3.8) is 0 Å². The summed E-state index contributed by atoms with van der Waals surface area (Å²) in [5, 5.41) is 0.0533. The molecule has 9 nitrogen and oxygen atoms in total. The smallest absolute Gasteiger partial charge is 0.303 e. The van der Waals surface area contributed by atoms with Crippen LogP contribution in [0.1, 0.15) is 27.0 Å². The molecule has 13 heteroatoms. The average Bonchev–Trinajstić information content (AvgIpc) is 3.15. The van der Waals surface area contributed by atoms with Gasteiger partial charge in [-0.2, -0.15) is 0 Å². The van der Waals surface area contributed by atoms with Crippen LogP contribution >= 0.6 is 59.4 Å². The fourth-order valence-electron chi connectivity index (χ4n) is 3.25. The SMILES string of the molecule is CC(=O)OC[C@H]1O[C@@H](n2c(Cl)nc3c(Br)c(Br)c(Br)cc32)[C@H](OC(C)=O)[C@@H]1OC(C)=O. The lowest BCUT2D eigenvalue weighted by Gasteiger charge is -2.24. The van der Waals surface area contributed by atoms with Gasteiger partial charge in [0.2, 0.25) is 5.28 Å². The number of ether oxygens (including phenoxy) is 4. The summed E-state index contributed by atoms with van der Waals surface area (Å²) in [6, 6.07) is 1.76. The zero-order valence-electron chi connectivity index (χ0n) is 16.4. The molecule has 1 aliphatic heterocycles. The molecule has 1 aliphatic rings. The van der Waals surface area contributed by atoms with Crippen LogP contribution in [0.2, 0.25) is 5.28 Å². The minimum atomic E-state index is -1.07. The number of rotatable bonds is 5. The Kier molecular flexibility index (Phi) is 7.67. The lowest BCUT2D eigenvalue weighted by molar-refractivity contribution is -0.166. The van der Waals surface area contributed by atoms with Crippen molar-refractivity contribution >= 4 is 88.3 Å². The number of benzene rings is 1. The van der Waals surface area contributed by atoms with Crippen LogP contribution in [0.25, 0.3) is 11.0 Å². The molecule has 168 valence electrons. The fourth-order valence-corrected chi connectivity index (χ4v) is 5.01. The molecule has 1 aromatic heterocycles. The number of hydrogen-bond acceptors (Lipinski definition) is 8. The summed E-state index contributed by atoms with van der Waals surface area (Å²) >= 11 is 16.8. The number of imidazole rings is 1. The number of fused-ring (bicyclic) bond motifs is 1. The van der Waals surface area contributed by atoms with Crippen LogP contribution in [0, 0.1) is 0 Å². The molecule has 2 heterocycles. The maximum absolute atomic E-state index is 11.8. The molecule has 1 fully saturated rings. The lowest BCUT2D eigenvalue weighted by Crippen LogP contribution is -2.40. The molecule has 0 N–H and O–H groups in total. The Bertz CT molecular complexity index is 1060. The third kappa shape index (κ3) is 5.08. The molecule has 1 aromatic carbocycles. The van der Waals surface area contributed by atoms with Crippen LogP contribution in [-0.2, 0) is 33.3 Å². The number of hydrogen-bond donors (Lipinski definition) is 0. The van der Waals surface area contributed by atoms with Crippen molar-refractivity contribution in [3.05, 3.63) is 24.8 Å². The molecular formula is C18H16Br3ClN2O7. The molecule has 2 aromatic rings. The molecule has 0 bridgehead atoms. The maximum atomic E-state index is 11.8. The highest BCUT2D eigenvalue weighted by Crippen LogP contribution is 2.42. The molecule has 31 heavy (non-hydrogen) atoms. The zero-order valence-corrected chi connectivity index (χ0v) is 21.9. The Morgan fingerprint density at radius 2 is 1.68 bits per heavy atom. The topological polar surface area (TPSA) is 106 Å². The van der Waals surface area contributed by atoms with Gasteiger partial charge in [-0.3, -0.25) is 19.0 Å². The first-order chi connectivity index (χ1) is 14.5. The molecule has 0 aliphatic carbocycles. The molecule has 0 amide bonds. The van der Waals surface area contributed by atoms with Gasteiger partial charge in [0.15, 0.2) is 18.4 Å². The minimum absolute atomic E-state index is 0.0533. The highest BCUT2D eigenvalue weighted by atomic mass is 79.9. The normalized spacial score (nSPS) is 23.1. The molecule has 0 unspecified atom stereocenters. The Hall–Kier alpha value is -1.21. The van der Waals surface area contributed by atoms with Gasteiger partial charge in [0.25, 0.3) is 0 Å². The Morgan fingerprint density at radius 1 is 1.06 bits per heavy atom. The first kappa shape index (κ1) is 24.4. The van der Waals surface area contributed by atoms with Gasteiger partial charge in [0.1, 0.15) is 18.2 Å². The van der Waals surface area contributed by atoms with E-state index in [0.29, 0.717) is 20.0 Å². The number of nitrogens with zero attached hydrogens (tertiary/aromatic N) is 2. The van der Waals surface area contributed by atoms with Gasteiger partial charge in [-0.15, -0.1) is 0 Å². The summed E-state index contributed by atoms with van der Waals surface area (Å²) in [7, 11) is 0. The van der Waals surface area contributed by atoms with Gasteiger partial charge in [-0.1, -0.05) is 0 Å². The van der Waals surface area contributed by atoms with E-state index >= 15 is 0 Å². The molecule has 0 spiro atoms. The maximum Gasteiger partial charge on any atom is 0.303 e. The monoisotopic (exact) mass is 644 g/mol. The van der Waals surface area contributed by atoms with Crippen LogP contribution in [0.15, 0.2) is 19.5 Å². The predicted octanol–water partition coefficient (Wildman–Crippen LogP) is 4.30. The van der Waals surface area contributed by atoms with E-state index in [-0.39, 0.29) is 11.9 Å². The van der Waals surface area contributed by atoms with Gasteiger partial charge in [0.05, 0.1) is 9.99 Å². The van der Waals surface area contributed by atoms with E-state index in [1.807, 2.05) is 0 Å². The predicted molar refractivity (Wildman–Crippen MR) is 119 cm³/mol. The van der Waals surface area contributed by atoms with Crippen LogP contribution in [0.5, 0.6) is 0 Å². The van der Waals surface area contributed by atoms with Crippen molar-refractivity contribution in [2.75, 3.05) is 6.61 Å². The summed E-state index contributed by atoms with van der Waals surface area (Å²) in [4.78, 5) is 39.3. The van der Waals surface area contributed by atoms with E-state index < -0.39 is 42.4 Å². The first-order valence-electron chi connectivity index (χ1n) is 8.85. The second-order valence-corrected chi connectivity index (χ2v) is 9.40. The van der Waals surface area contributed by atoms with Crippen molar-refractivity contribution in [1.82, 2.24) is 9.55 Å². The molecule has 0 radical (unpaired) electrons. The van der Waals surface area contributed by atoms with E-state index in [9.17, 15) is 14.4 Å². The van der Waals surface area contributed by atoms with E-state index in [1.54, 1.807) is 6.07 Å². The van der Waals surface area contributed by atoms with Crippen LogP contribution in [-0.4, -0.2) is 52.4 Å². The quantitative estimate of drug-likeness (QED) is 0.269. The minimum Gasteiger partial charge on any atom is -0.463 e. The molecular weight excluding hydrogens is 631 g/mol. The van der Waals surface area contributed by atoms with Crippen LogP contribution in [0.4, 0.5) is 0 Å². The van der Waals surface area contributed by atoms with Crippen molar-refractivity contribution < 1.29 is 33.3 Å². The second-order valence-electron chi connectivity index (χ2n) is 6.62. The van der Waals surface area contributed by atoms with E-state index in [4.69, 9.17) is 30.5 Å². The largest absolute Gasteiger partial charge is 0.463 e. The number of esters is 3. The molecule has 1 saturated heterocycles. The van der Waals surface area contributed by atoms with E-state index in [2.05, 4.69) is 52.8 Å². The van der Waals surface area contributed by atoms with Crippen molar-refractivity contribution in [1.29, 1.82) is 0 Å². The highest BCUT2D eigenvalue weighted by molar-refractivity contribution is 9.14. The Balaban J connectivity index is 2.13. The summed E-state index contributed by atoms with van der Waals surface area (Å²) in [6.07, 6.45) is -4.02. The number of halogens is 4. The lowest BCUT2D eigenvalue weighted by atomic mass is 10.1. The first-order valence-corrected chi connectivity index (χ1v) is 11.6. The van der Waals surface area contributed by atoms with Crippen molar-refractivity contribution in [2.45, 2.75) is 45.3 Å². The van der Waals surface area contributed by atoms with Crippen molar-refractivity contribution in [2.24, 2.45) is 0 Å². The van der Waals surface area contributed by atoms with Crippen molar-refractivity contribution in [3.8, 4) is 0 Å². The highest BCUT2D eigenvalue weighted by Gasteiger charge is 2.51. The van der Waals surface area contributed by atoms with E-state index in [0.717, 1.165) is 4.47 Å². The summed E-state index contributed by atoms with van der Waals surface area (Å²) in [6.45, 7) is 3.46. The fraction of sp³-hybridized carbons (Fsp3) is 0.444. The zero-order chi connectivity index (χ0) is 23.0. The van der Waals surface area contributed by atoms with Gasteiger partial charge in [-0.25, -0.2) is 4.98 Å². The number of carbonyl (C=O) groups is 3. The Labute approximate surface area is 207 Å². The Morgan fingerprint density at radius 3 is 2.26 bits per heavy atom. The number of carbonyl (C=O) groups excluding carboxylic acids is 3. The molecule has 0 saturated carbocycles. The summed E-state index contributed by atoms with van der Waals surface area (Å²) < 4.78 is 25.6. The standard InChI is InChI=1S/C18H16Br3ClN2O7/c1-6(25)28-5-11-15(29-7(2)26)16(30-8(3)27)17(31-11)24-10-4-9(19)12(20)13(21)14(10)23-18(24)22/h4,11,15-17H,5H2,1-3H3/t11-,15-,16-,17-/m1/s1. The molecule has 4 atom stereocenters. The third-order valence-corrected chi connectivity index (χ3v) is 7.93. The third-order valence-electron chi connectivity index (χ3n) is 4.37. The van der Waals surface area contributed by atoms with E-state index in [1.165, 1.54) is 25.3 Å². The molecule has 3 rings (SSSR count). The second kappa shape index (κ2) is 9.74. The van der Waals surface area contributed by atoms with Gasteiger partial charge < -0.3 is 18.9 Å². The van der Waals surface area contributed by atoms with Gasteiger partial charge in [0, 0.05) is 29.7 Å². The van der Waals surface area contributed by atoms with Crippen LogP contribution < -0.4 is 0 Å².